The van der Waals surface area contributed by atoms with Crippen molar-refractivity contribution in [2.45, 2.75) is 12.8 Å². The molecule has 0 amide bonds. The van der Waals surface area contributed by atoms with Gasteiger partial charge in [-0.3, -0.25) is 0 Å². The number of carbonyl (C=O) groups excluding carboxylic acids is 1. The Labute approximate surface area is 122 Å². The number of unbranched alkanes of at least 4 members (excludes halogenated alkanes) is 1. The molecule has 0 aliphatic carbocycles. The van der Waals surface area contributed by atoms with Gasteiger partial charge in [0.2, 0.25) is 0 Å². The van der Waals surface area contributed by atoms with Gasteiger partial charge >= 0.3 is 11.9 Å². The number of carboxylic acids is 1. The summed E-state index contributed by atoms with van der Waals surface area (Å²) in [4.78, 5) is 21.7. The molecule has 118 valence electrons. The Balaban J connectivity index is 0.000000567. The van der Waals surface area contributed by atoms with Gasteiger partial charge in [0, 0.05) is 13.2 Å². The molecule has 0 bridgehead atoms. The molecule has 7 nitrogen and oxygen atoms in total. The Hall–Kier alpha value is -1.96. The van der Waals surface area contributed by atoms with Gasteiger partial charge in [-0.05, 0) is 37.1 Å². The summed E-state index contributed by atoms with van der Waals surface area (Å²) in [5.74, 6) is -1.63. The fourth-order valence-corrected chi connectivity index (χ4v) is 1.19. The fourth-order valence-electron chi connectivity index (χ4n) is 1.19. The molecule has 0 fully saturated rings. The minimum absolute atomic E-state index is 0.0699. The van der Waals surface area contributed by atoms with Gasteiger partial charge in [-0.15, -0.1) is 0 Å². The normalized spacial score (nSPS) is 9.48. The van der Waals surface area contributed by atoms with E-state index in [-0.39, 0.29) is 37.6 Å². The van der Waals surface area contributed by atoms with Crippen molar-refractivity contribution in [2.24, 2.45) is 0 Å². The first-order valence-corrected chi connectivity index (χ1v) is 6.39. The van der Waals surface area contributed by atoms with E-state index in [1.165, 1.54) is 24.3 Å². The maximum atomic E-state index is 11.2. The molecule has 0 radical (unpaired) electrons. The van der Waals surface area contributed by atoms with Crippen LogP contribution < -0.4 is 0 Å². The van der Waals surface area contributed by atoms with Gasteiger partial charge in [-0.2, -0.15) is 0 Å². The largest absolute Gasteiger partial charge is 0.478 e. The highest BCUT2D eigenvalue weighted by atomic mass is 16.5. The van der Waals surface area contributed by atoms with Crippen molar-refractivity contribution in [1.82, 2.24) is 0 Å². The number of rotatable bonds is 7. The second-order valence-electron chi connectivity index (χ2n) is 3.90. The molecule has 21 heavy (non-hydrogen) atoms. The number of aliphatic hydroxyl groups is 3. The molecule has 1 rings (SSSR count). The third-order valence-electron chi connectivity index (χ3n) is 2.26. The number of hydrogen-bond donors (Lipinski definition) is 4. The van der Waals surface area contributed by atoms with Crippen molar-refractivity contribution in [2.75, 3.05) is 26.4 Å². The number of aliphatic hydroxyl groups excluding tert-OH is 3. The monoisotopic (exact) mass is 300 g/mol. The quantitative estimate of drug-likeness (QED) is 0.421. The van der Waals surface area contributed by atoms with E-state index in [4.69, 9.17) is 20.4 Å². The third kappa shape index (κ3) is 8.74. The van der Waals surface area contributed by atoms with Crippen LogP contribution in [0.25, 0.3) is 0 Å². The molecule has 0 unspecified atom stereocenters. The first kappa shape index (κ1) is 19.0. The molecular weight excluding hydrogens is 280 g/mol. The number of esters is 1. The van der Waals surface area contributed by atoms with Gasteiger partial charge in [-0.25, -0.2) is 9.59 Å². The minimum atomic E-state index is -1.05. The van der Waals surface area contributed by atoms with Gasteiger partial charge in [-0.1, -0.05) is 0 Å². The van der Waals surface area contributed by atoms with Crippen LogP contribution in [-0.2, 0) is 4.74 Å². The summed E-state index contributed by atoms with van der Waals surface area (Å²) in [5, 5.41) is 33.2. The van der Waals surface area contributed by atoms with E-state index in [1.54, 1.807) is 0 Å². The van der Waals surface area contributed by atoms with Crippen LogP contribution in [-0.4, -0.2) is 58.8 Å². The van der Waals surface area contributed by atoms with Crippen LogP contribution in [0.4, 0.5) is 0 Å². The summed E-state index contributed by atoms with van der Waals surface area (Å²) in [6.07, 6.45) is 1.44. The van der Waals surface area contributed by atoms with Crippen molar-refractivity contribution in [3.8, 4) is 0 Å². The highest BCUT2D eigenvalue weighted by molar-refractivity contribution is 5.92. The lowest BCUT2D eigenvalue weighted by atomic mass is 10.1. The van der Waals surface area contributed by atoms with E-state index >= 15 is 0 Å². The number of ether oxygens (including phenoxy) is 1. The molecule has 0 aliphatic heterocycles. The van der Waals surface area contributed by atoms with E-state index in [0.29, 0.717) is 0 Å². The Morgan fingerprint density at radius 1 is 0.857 bits per heavy atom. The van der Waals surface area contributed by atoms with Crippen LogP contribution in [0.2, 0.25) is 0 Å². The van der Waals surface area contributed by atoms with E-state index in [2.05, 4.69) is 4.74 Å². The summed E-state index contributed by atoms with van der Waals surface area (Å²) < 4.78 is 4.64. The number of carbonyl (C=O) groups is 2. The zero-order valence-electron chi connectivity index (χ0n) is 11.6. The van der Waals surface area contributed by atoms with E-state index in [9.17, 15) is 9.59 Å². The molecular formula is C14H20O7. The molecule has 4 N–H and O–H groups in total. The molecule has 0 saturated heterocycles. The standard InChI is InChI=1S/C10H10O5.C4H10O2/c11-5-6-15-10(14)8-3-1-7(2-4-8)9(12)13;5-3-1-2-4-6/h1-4,11H,5-6H2,(H,12,13);5-6H,1-4H2. The SMILES string of the molecule is O=C(O)c1ccc(C(=O)OCCO)cc1.OCCCCO. The average Bonchev–Trinajstić information content (AvgIpc) is 2.51. The highest BCUT2D eigenvalue weighted by Crippen LogP contribution is 2.05. The van der Waals surface area contributed by atoms with Gasteiger partial charge in [0.25, 0.3) is 0 Å². The Bertz CT molecular complexity index is 410. The Morgan fingerprint density at radius 3 is 1.71 bits per heavy atom. The summed E-state index contributed by atoms with van der Waals surface area (Å²) >= 11 is 0. The lowest BCUT2D eigenvalue weighted by Gasteiger charge is -2.02. The van der Waals surface area contributed by atoms with Gasteiger partial charge < -0.3 is 25.2 Å². The molecule has 0 heterocycles. The predicted molar refractivity (Wildman–Crippen MR) is 74.2 cm³/mol. The van der Waals surface area contributed by atoms with Crippen LogP contribution in [0.5, 0.6) is 0 Å². The lowest BCUT2D eigenvalue weighted by Crippen LogP contribution is -2.09. The van der Waals surface area contributed by atoms with Crippen LogP contribution >= 0.6 is 0 Å². The zero-order valence-corrected chi connectivity index (χ0v) is 11.6. The maximum absolute atomic E-state index is 11.2. The maximum Gasteiger partial charge on any atom is 0.338 e. The number of carboxylic acid groups (broad SMARTS) is 1. The first-order chi connectivity index (χ1) is 10.1. The lowest BCUT2D eigenvalue weighted by molar-refractivity contribution is 0.0433. The average molecular weight is 300 g/mol. The van der Waals surface area contributed by atoms with Crippen molar-refractivity contribution in [1.29, 1.82) is 0 Å². The van der Waals surface area contributed by atoms with E-state index in [0.717, 1.165) is 12.8 Å². The van der Waals surface area contributed by atoms with Crippen molar-refractivity contribution >= 4 is 11.9 Å². The molecule has 1 aromatic rings. The predicted octanol–water partition coefficient (Wildman–Crippen LogP) is 0.285. The van der Waals surface area contributed by atoms with E-state index in [1.807, 2.05) is 0 Å². The molecule has 0 aliphatic rings. The smallest absolute Gasteiger partial charge is 0.338 e. The molecule has 0 aromatic heterocycles. The van der Waals surface area contributed by atoms with Crippen molar-refractivity contribution in [3.63, 3.8) is 0 Å². The fraction of sp³-hybridized carbons (Fsp3) is 0.429. The minimum Gasteiger partial charge on any atom is -0.478 e. The first-order valence-electron chi connectivity index (χ1n) is 6.39. The summed E-state index contributed by atoms with van der Waals surface area (Å²) in [7, 11) is 0. The molecule has 1 aromatic carbocycles. The molecule has 7 heteroatoms. The van der Waals surface area contributed by atoms with Crippen molar-refractivity contribution in [3.05, 3.63) is 35.4 Å². The van der Waals surface area contributed by atoms with Crippen LogP contribution in [0.3, 0.4) is 0 Å². The molecule has 0 saturated carbocycles. The van der Waals surface area contributed by atoms with Crippen LogP contribution in [0.15, 0.2) is 24.3 Å². The Morgan fingerprint density at radius 2 is 1.33 bits per heavy atom. The second-order valence-corrected chi connectivity index (χ2v) is 3.90. The summed E-state index contributed by atoms with van der Waals surface area (Å²) in [6.45, 7) is 0.0829. The number of hydrogen-bond acceptors (Lipinski definition) is 6. The highest BCUT2D eigenvalue weighted by Gasteiger charge is 2.08. The van der Waals surface area contributed by atoms with Crippen LogP contribution in [0, 0.1) is 0 Å². The van der Waals surface area contributed by atoms with Gasteiger partial charge in [0.15, 0.2) is 0 Å². The third-order valence-corrected chi connectivity index (χ3v) is 2.26. The molecule has 0 spiro atoms. The van der Waals surface area contributed by atoms with Crippen LogP contribution in [0.1, 0.15) is 33.6 Å². The topological polar surface area (TPSA) is 124 Å². The Kier molecular flexibility index (Phi) is 10.7. The molecule has 0 atom stereocenters. The van der Waals surface area contributed by atoms with Crippen molar-refractivity contribution < 1.29 is 34.8 Å². The van der Waals surface area contributed by atoms with Gasteiger partial charge in [0.05, 0.1) is 17.7 Å². The van der Waals surface area contributed by atoms with E-state index < -0.39 is 11.9 Å². The number of benzene rings is 1. The second kappa shape index (κ2) is 11.8. The summed E-state index contributed by atoms with van der Waals surface area (Å²) in [5.41, 5.74) is 0.363. The summed E-state index contributed by atoms with van der Waals surface area (Å²) in [6, 6.07) is 5.36. The van der Waals surface area contributed by atoms with Gasteiger partial charge in [0.1, 0.15) is 6.61 Å². The zero-order chi connectivity index (χ0) is 16.1. The number of aromatic carboxylic acids is 1.